The molecule has 1 heterocycles. The van der Waals surface area contributed by atoms with Gasteiger partial charge >= 0.3 is 0 Å². The Hall–Kier alpha value is -1.68. The Morgan fingerprint density at radius 2 is 1.94 bits per heavy atom. The summed E-state index contributed by atoms with van der Waals surface area (Å²) in [7, 11) is 3.30. The van der Waals surface area contributed by atoms with Gasteiger partial charge in [0.05, 0.1) is 19.9 Å². The molecule has 1 aromatic carbocycles. The maximum absolute atomic E-state index is 6.00. The molecule has 0 saturated heterocycles. The molecule has 2 aromatic rings. The van der Waals surface area contributed by atoms with Crippen molar-refractivity contribution in [1.29, 1.82) is 0 Å². The van der Waals surface area contributed by atoms with E-state index in [-0.39, 0.29) is 0 Å². The van der Waals surface area contributed by atoms with E-state index < -0.39 is 0 Å². The van der Waals surface area contributed by atoms with Crippen molar-refractivity contribution in [3.05, 3.63) is 28.5 Å². The molecular weight excluding hydrogens is 234 g/mol. The van der Waals surface area contributed by atoms with Gasteiger partial charge in [0.1, 0.15) is 11.5 Å². The molecule has 0 unspecified atom stereocenters. The van der Waals surface area contributed by atoms with Gasteiger partial charge in [-0.15, -0.1) is 11.3 Å². The molecule has 3 nitrogen and oxygen atoms in total. The van der Waals surface area contributed by atoms with Gasteiger partial charge in [-0.25, -0.2) is 0 Å². The minimum Gasteiger partial charge on any atom is -0.497 e. The summed E-state index contributed by atoms with van der Waals surface area (Å²) >= 11 is 1.64. The molecule has 0 saturated carbocycles. The summed E-state index contributed by atoms with van der Waals surface area (Å²) in [5, 5.41) is 1.95. The SMILES string of the molecule is COc1ccc(OC)c(-c2c(N)csc2C)c1. The first kappa shape index (κ1) is 11.8. The normalized spacial score (nSPS) is 10.3. The third-order valence-electron chi connectivity index (χ3n) is 2.68. The van der Waals surface area contributed by atoms with E-state index in [4.69, 9.17) is 15.2 Å². The van der Waals surface area contributed by atoms with Crippen LogP contribution in [-0.4, -0.2) is 14.2 Å². The number of rotatable bonds is 3. The Labute approximate surface area is 105 Å². The molecule has 0 amide bonds. The number of nitrogen functional groups attached to an aromatic ring is 1. The van der Waals surface area contributed by atoms with Gasteiger partial charge in [-0.05, 0) is 25.1 Å². The van der Waals surface area contributed by atoms with Crippen molar-refractivity contribution in [3.8, 4) is 22.6 Å². The van der Waals surface area contributed by atoms with E-state index in [1.165, 1.54) is 4.88 Å². The number of benzene rings is 1. The maximum atomic E-state index is 6.00. The summed E-state index contributed by atoms with van der Waals surface area (Å²) in [6, 6.07) is 5.72. The van der Waals surface area contributed by atoms with Crippen molar-refractivity contribution in [2.24, 2.45) is 0 Å². The highest BCUT2D eigenvalue weighted by Crippen LogP contribution is 2.41. The van der Waals surface area contributed by atoms with Crippen LogP contribution in [0.5, 0.6) is 11.5 Å². The average molecular weight is 249 g/mol. The molecule has 0 aliphatic rings. The maximum Gasteiger partial charge on any atom is 0.127 e. The van der Waals surface area contributed by atoms with Crippen molar-refractivity contribution in [2.45, 2.75) is 6.92 Å². The van der Waals surface area contributed by atoms with Gasteiger partial charge in [0, 0.05) is 21.4 Å². The highest BCUT2D eigenvalue weighted by Gasteiger charge is 2.14. The zero-order chi connectivity index (χ0) is 12.4. The fraction of sp³-hybridized carbons (Fsp3) is 0.231. The molecule has 2 N–H and O–H groups in total. The van der Waals surface area contributed by atoms with Crippen molar-refractivity contribution < 1.29 is 9.47 Å². The first-order valence-corrected chi connectivity index (χ1v) is 6.11. The van der Waals surface area contributed by atoms with Crippen LogP contribution in [0.4, 0.5) is 5.69 Å². The van der Waals surface area contributed by atoms with Crippen LogP contribution in [0.3, 0.4) is 0 Å². The number of aryl methyl sites for hydroxylation is 1. The molecule has 4 heteroatoms. The van der Waals surface area contributed by atoms with Crippen LogP contribution in [0.2, 0.25) is 0 Å². The second-order valence-electron chi connectivity index (χ2n) is 3.69. The lowest BCUT2D eigenvalue weighted by atomic mass is 10.0. The van der Waals surface area contributed by atoms with Crippen LogP contribution in [-0.2, 0) is 0 Å². The first-order chi connectivity index (χ1) is 8.17. The van der Waals surface area contributed by atoms with Crippen LogP contribution < -0.4 is 15.2 Å². The lowest BCUT2D eigenvalue weighted by molar-refractivity contribution is 0.404. The minimum atomic E-state index is 0.777. The van der Waals surface area contributed by atoms with E-state index >= 15 is 0 Å². The fourth-order valence-corrected chi connectivity index (χ4v) is 2.59. The molecule has 0 fully saturated rings. The molecule has 0 aliphatic heterocycles. The largest absolute Gasteiger partial charge is 0.497 e. The Bertz CT molecular complexity index is 515. The summed E-state index contributed by atoms with van der Waals surface area (Å²) in [5.41, 5.74) is 8.79. The third kappa shape index (κ3) is 2.08. The van der Waals surface area contributed by atoms with Crippen LogP contribution in [0.1, 0.15) is 4.88 Å². The fourth-order valence-electron chi connectivity index (χ4n) is 1.83. The molecule has 2 rings (SSSR count). The molecular formula is C13H15NO2S. The molecule has 0 bridgehead atoms. The third-order valence-corrected chi connectivity index (χ3v) is 3.61. The summed E-state index contributed by atoms with van der Waals surface area (Å²) in [4.78, 5) is 1.18. The van der Waals surface area contributed by atoms with E-state index in [2.05, 4.69) is 6.92 Å². The van der Waals surface area contributed by atoms with Gasteiger partial charge in [-0.3, -0.25) is 0 Å². The van der Waals surface area contributed by atoms with Gasteiger partial charge < -0.3 is 15.2 Å². The van der Waals surface area contributed by atoms with Crippen LogP contribution in [0.15, 0.2) is 23.6 Å². The molecule has 0 aliphatic carbocycles. The summed E-state index contributed by atoms with van der Waals surface area (Å²) in [6.45, 7) is 2.05. The first-order valence-electron chi connectivity index (χ1n) is 5.23. The Kier molecular flexibility index (Phi) is 3.24. The molecule has 0 radical (unpaired) electrons. The van der Waals surface area contributed by atoms with Gasteiger partial charge in [-0.2, -0.15) is 0 Å². The second-order valence-corrected chi connectivity index (χ2v) is 4.77. The Morgan fingerprint density at radius 1 is 1.18 bits per heavy atom. The summed E-state index contributed by atoms with van der Waals surface area (Å²) in [6.07, 6.45) is 0. The monoisotopic (exact) mass is 249 g/mol. The zero-order valence-corrected chi connectivity index (χ0v) is 10.9. The quantitative estimate of drug-likeness (QED) is 0.907. The lowest BCUT2D eigenvalue weighted by Crippen LogP contribution is -1.93. The molecule has 0 spiro atoms. The van der Waals surface area contributed by atoms with E-state index in [9.17, 15) is 0 Å². The number of ether oxygens (including phenoxy) is 2. The smallest absolute Gasteiger partial charge is 0.127 e. The van der Waals surface area contributed by atoms with E-state index in [0.717, 1.165) is 28.3 Å². The van der Waals surface area contributed by atoms with Gasteiger partial charge in [0.2, 0.25) is 0 Å². The lowest BCUT2D eigenvalue weighted by Gasteiger charge is -2.11. The number of anilines is 1. The molecule has 0 atom stereocenters. The minimum absolute atomic E-state index is 0.777. The highest BCUT2D eigenvalue weighted by atomic mass is 32.1. The number of hydrogen-bond acceptors (Lipinski definition) is 4. The van der Waals surface area contributed by atoms with Crippen LogP contribution >= 0.6 is 11.3 Å². The predicted octanol–water partition coefficient (Wildman–Crippen LogP) is 3.32. The topological polar surface area (TPSA) is 44.5 Å². The van der Waals surface area contributed by atoms with Crippen LogP contribution in [0, 0.1) is 6.92 Å². The zero-order valence-electron chi connectivity index (χ0n) is 10.1. The molecule has 17 heavy (non-hydrogen) atoms. The van der Waals surface area contributed by atoms with Crippen molar-refractivity contribution in [3.63, 3.8) is 0 Å². The van der Waals surface area contributed by atoms with E-state index in [1.807, 2.05) is 23.6 Å². The standard InChI is InChI=1S/C13H15NO2S/c1-8-13(11(14)7-17-8)10-6-9(15-2)4-5-12(10)16-3/h4-7H,14H2,1-3H3. The van der Waals surface area contributed by atoms with Gasteiger partial charge in [0.15, 0.2) is 0 Å². The van der Waals surface area contributed by atoms with Crippen molar-refractivity contribution >= 4 is 17.0 Å². The van der Waals surface area contributed by atoms with Gasteiger partial charge in [0.25, 0.3) is 0 Å². The van der Waals surface area contributed by atoms with Crippen molar-refractivity contribution in [1.82, 2.24) is 0 Å². The highest BCUT2D eigenvalue weighted by molar-refractivity contribution is 7.11. The summed E-state index contributed by atoms with van der Waals surface area (Å²) < 4.78 is 10.6. The molecule has 1 aromatic heterocycles. The number of thiophene rings is 1. The average Bonchev–Trinajstić information content (AvgIpc) is 2.68. The van der Waals surface area contributed by atoms with E-state index in [0.29, 0.717) is 0 Å². The number of nitrogens with two attached hydrogens (primary N) is 1. The number of methoxy groups -OCH3 is 2. The second kappa shape index (κ2) is 4.67. The van der Waals surface area contributed by atoms with E-state index in [1.54, 1.807) is 25.6 Å². The van der Waals surface area contributed by atoms with Crippen molar-refractivity contribution in [2.75, 3.05) is 20.0 Å². The Balaban J connectivity index is 2.64. The Morgan fingerprint density at radius 3 is 2.47 bits per heavy atom. The number of hydrogen-bond donors (Lipinski definition) is 1. The van der Waals surface area contributed by atoms with Crippen LogP contribution in [0.25, 0.3) is 11.1 Å². The van der Waals surface area contributed by atoms with Gasteiger partial charge in [-0.1, -0.05) is 0 Å². The predicted molar refractivity (Wildman–Crippen MR) is 72.0 cm³/mol. The summed E-state index contributed by atoms with van der Waals surface area (Å²) in [5.74, 6) is 1.60. The molecule has 90 valence electrons.